The first-order valence-corrected chi connectivity index (χ1v) is 10.4. The molecule has 138 valence electrons. The van der Waals surface area contributed by atoms with Gasteiger partial charge in [0, 0.05) is 18.8 Å². The standard InChI is InChI=1S/C19H21ClN2O3S/c1-14-6-5-11-22(13-14)19(23)17-12-15(9-10-18(17)20)21-26(24,25)16-7-3-2-4-8-16/h2-4,7-10,12,14,21H,5-6,11,13H2,1H3. The Hall–Kier alpha value is -2.05. The van der Waals surface area contributed by atoms with Crippen molar-refractivity contribution in [1.82, 2.24) is 4.90 Å². The van der Waals surface area contributed by atoms with Gasteiger partial charge >= 0.3 is 0 Å². The van der Waals surface area contributed by atoms with E-state index < -0.39 is 10.0 Å². The number of nitrogens with zero attached hydrogens (tertiary/aromatic N) is 1. The van der Waals surface area contributed by atoms with Gasteiger partial charge in [0.15, 0.2) is 0 Å². The van der Waals surface area contributed by atoms with Gasteiger partial charge in [-0.25, -0.2) is 8.42 Å². The molecule has 3 rings (SSSR count). The summed E-state index contributed by atoms with van der Waals surface area (Å²) in [4.78, 5) is 14.8. The van der Waals surface area contributed by atoms with Crippen molar-refractivity contribution in [3.63, 3.8) is 0 Å². The van der Waals surface area contributed by atoms with Crippen LogP contribution < -0.4 is 4.72 Å². The van der Waals surface area contributed by atoms with Crippen LogP contribution in [0.1, 0.15) is 30.1 Å². The number of carbonyl (C=O) groups is 1. The molecule has 1 N–H and O–H groups in total. The Morgan fingerprint density at radius 3 is 2.62 bits per heavy atom. The zero-order valence-corrected chi connectivity index (χ0v) is 16.1. The number of hydrogen-bond donors (Lipinski definition) is 1. The topological polar surface area (TPSA) is 66.5 Å². The van der Waals surface area contributed by atoms with Gasteiger partial charge in [-0.3, -0.25) is 9.52 Å². The smallest absolute Gasteiger partial charge is 0.261 e. The summed E-state index contributed by atoms with van der Waals surface area (Å²) in [5, 5.41) is 0.316. The summed E-state index contributed by atoms with van der Waals surface area (Å²) in [5.41, 5.74) is 0.626. The summed E-state index contributed by atoms with van der Waals surface area (Å²) in [6.45, 7) is 3.50. The number of sulfonamides is 1. The third-order valence-electron chi connectivity index (χ3n) is 4.45. The zero-order chi connectivity index (χ0) is 18.7. The molecule has 1 unspecified atom stereocenters. The lowest BCUT2D eigenvalue weighted by Gasteiger charge is -2.31. The maximum absolute atomic E-state index is 12.8. The summed E-state index contributed by atoms with van der Waals surface area (Å²) in [6.07, 6.45) is 2.07. The zero-order valence-electron chi connectivity index (χ0n) is 14.5. The molecule has 1 aliphatic rings. The Kier molecular flexibility index (Phi) is 5.53. The van der Waals surface area contributed by atoms with Crippen molar-refractivity contribution in [2.75, 3.05) is 17.8 Å². The van der Waals surface area contributed by atoms with E-state index in [0.717, 1.165) is 12.8 Å². The van der Waals surface area contributed by atoms with Crippen LogP contribution in [0.25, 0.3) is 0 Å². The summed E-state index contributed by atoms with van der Waals surface area (Å²) in [7, 11) is -3.72. The van der Waals surface area contributed by atoms with Crippen molar-refractivity contribution in [2.45, 2.75) is 24.7 Å². The molecule has 0 aromatic heterocycles. The second-order valence-electron chi connectivity index (χ2n) is 6.61. The highest BCUT2D eigenvalue weighted by Gasteiger charge is 2.24. The van der Waals surface area contributed by atoms with Crippen LogP contribution in [0.4, 0.5) is 5.69 Å². The Morgan fingerprint density at radius 2 is 1.92 bits per heavy atom. The van der Waals surface area contributed by atoms with Gasteiger partial charge in [-0.1, -0.05) is 36.7 Å². The van der Waals surface area contributed by atoms with E-state index in [9.17, 15) is 13.2 Å². The molecule has 0 radical (unpaired) electrons. The average molecular weight is 393 g/mol. The maximum Gasteiger partial charge on any atom is 0.261 e. The van der Waals surface area contributed by atoms with E-state index in [1.807, 2.05) is 0 Å². The fourth-order valence-corrected chi connectivity index (χ4v) is 4.38. The van der Waals surface area contributed by atoms with Crippen LogP contribution in [0.2, 0.25) is 5.02 Å². The van der Waals surface area contributed by atoms with Gasteiger partial charge in [0.05, 0.1) is 15.5 Å². The van der Waals surface area contributed by atoms with E-state index in [1.54, 1.807) is 35.2 Å². The molecule has 1 saturated heterocycles. The van der Waals surface area contributed by atoms with E-state index in [2.05, 4.69) is 11.6 Å². The first-order chi connectivity index (χ1) is 12.4. The number of amides is 1. The fourth-order valence-electron chi connectivity index (χ4n) is 3.11. The predicted octanol–water partition coefficient (Wildman–Crippen LogP) is 4.01. The molecule has 0 bridgehead atoms. The Bertz CT molecular complexity index is 900. The summed E-state index contributed by atoms with van der Waals surface area (Å²) >= 11 is 6.21. The predicted molar refractivity (Wildman–Crippen MR) is 103 cm³/mol. The molecular formula is C19H21ClN2O3S. The highest BCUT2D eigenvalue weighted by molar-refractivity contribution is 7.92. The van der Waals surface area contributed by atoms with E-state index in [0.29, 0.717) is 35.3 Å². The monoisotopic (exact) mass is 392 g/mol. The minimum Gasteiger partial charge on any atom is -0.338 e. The Labute approximate surface area is 159 Å². The number of nitrogens with one attached hydrogen (secondary N) is 1. The summed E-state index contributed by atoms with van der Waals surface area (Å²) < 4.78 is 27.5. The lowest BCUT2D eigenvalue weighted by molar-refractivity contribution is 0.0683. The van der Waals surface area contributed by atoms with Gasteiger partial charge in [0.25, 0.3) is 15.9 Å². The number of anilines is 1. The van der Waals surface area contributed by atoms with Gasteiger partial charge in [-0.2, -0.15) is 0 Å². The molecule has 1 atom stereocenters. The molecule has 26 heavy (non-hydrogen) atoms. The summed E-state index contributed by atoms with van der Waals surface area (Å²) in [5.74, 6) is 0.286. The second-order valence-corrected chi connectivity index (χ2v) is 8.70. The molecule has 1 heterocycles. The van der Waals surface area contributed by atoms with Crippen LogP contribution >= 0.6 is 11.6 Å². The number of carbonyl (C=O) groups excluding carboxylic acids is 1. The van der Waals surface area contributed by atoms with Gasteiger partial charge in [-0.05, 0) is 49.1 Å². The molecule has 0 spiro atoms. The number of halogens is 1. The lowest BCUT2D eigenvalue weighted by Crippen LogP contribution is -2.39. The van der Waals surface area contributed by atoms with Gasteiger partial charge in [-0.15, -0.1) is 0 Å². The average Bonchev–Trinajstić information content (AvgIpc) is 2.63. The third kappa shape index (κ3) is 4.19. The molecule has 1 fully saturated rings. The van der Waals surface area contributed by atoms with Gasteiger partial charge < -0.3 is 4.90 Å². The van der Waals surface area contributed by atoms with Gasteiger partial charge in [0.1, 0.15) is 0 Å². The van der Waals surface area contributed by atoms with E-state index >= 15 is 0 Å². The second kappa shape index (κ2) is 7.68. The maximum atomic E-state index is 12.8. The SMILES string of the molecule is CC1CCCN(C(=O)c2cc(NS(=O)(=O)c3ccccc3)ccc2Cl)C1. The van der Waals surface area contributed by atoms with Crippen LogP contribution in [0.5, 0.6) is 0 Å². The van der Waals surface area contributed by atoms with Crippen molar-refractivity contribution in [1.29, 1.82) is 0 Å². The Morgan fingerprint density at radius 1 is 1.19 bits per heavy atom. The number of likely N-dealkylation sites (tertiary alicyclic amines) is 1. The van der Waals surface area contributed by atoms with Crippen molar-refractivity contribution in [3.05, 3.63) is 59.1 Å². The number of rotatable bonds is 4. The number of piperidine rings is 1. The molecule has 0 saturated carbocycles. The minimum absolute atomic E-state index is 0.160. The molecule has 1 aliphatic heterocycles. The van der Waals surface area contributed by atoms with Crippen molar-refractivity contribution in [3.8, 4) is 0 Å². The van der Waals surface area contributed by atoms with Crippen LogP contribution in [-0.2, 0) is 10.0 Å². The molecule has 5 nitrogen and oxygen atoms in total. The molecule has 0 aliphatic carbocycles. The summed E-state index contributed by atoms with van der Waals surface area (Å²) in [6, 6.07) is 12.7. The highest BCUT2D eigenvalue weighted by Crippen LogP contribution is 2.26. The third-order valence-corrected chi connectivity index (χ3v) is 6.17. The minimum atomic E-state index is -3.72. The molecule has 1 amide bonds. The van der Waals surface area contributed by atoms with Crippen LogP contribution in [0, 0.1) is 5.92 Å². The van der Waals surface area contributed by atoms with Crippen LogP contribution in [0.3, 0.4) is 0 Å². The first kappa shape index (κ1) is 18.7. The normalized spacial score (nSPS) is 17.8. The van der Waals surface area contributed by atoms with Crippen LogP contribution in [-0.4, -0.2) is 32.3 Å². The quantitative estimate of drug-likeness (QED) is 0.854. The lowest BCUT2D eigenvalue weighted by atomic mass is 9.99. The number of benzene rings is 2. The van der Waals surface area contributed by atoms with E-state index in [4.69, 9.17) is 11.6 Å². The van der Waals surface area contributed by atoms with E-state index in [1.165, 1.54) is 18.2 Å². The van der Waals surface area contributed by atoms with Crippen molar-refractivity contribution in [2.24, 2.45) is 5.92 Å². The van der Waals surface area contributed by atoms with E-state index in [-0.39, 0.29) is 10.8 Å². The molecular weight excluding hydrogens is 372 g/mol. The van der Waals surface area contributed by atoms with Crippen LogP contribution in [0.15, 0.2) is 53.4 Å². The number of hydrogen-bond acceptors (Lipinski definition) is 3. The van der Waals surface area contributed by atoms with Gasteiger partial charge in [0.2, 0.25) is 0 Å². The van der Waals surface area contributed by atoms with Crippen molar-refractivity contribution >= 4 is 33.2 Å². The first-order valence-electron chi connectivity index (χ1n) is 8.53. The van der Waals surface area contributed by atoms with Crippen molar-refractivity contribution < 1.29 is 13.2 Å². The molecule has 7 heteroatoms. The molecule has 2 aromatic rings. The molecule has 2 aromatic carbocycles. The largest absolute Gasteiger partial charge is 0.338 e. The highest BCUT2D eigenvalue weighted by atomic mass is 35.5. The fraction of sp³-hybridized carbons (Fsp3) is 0.316. The Balaban J connectivity index is 1.85.